The highest BCUT2D eigenvalue weighted by Crippen LogP contribution is 2.25. The Labute approximate surface area is 157 Å². The van der Waals surface area contributed by atoms with Crippen LogP contribution in [0.3, 0.4) is 0 Å². The second kappa shape index (κ2) is 8.56. The lowest BCUT2D eigenvalue weighted by Gasteiger charge is -2.16. The maximum absolute atomic E-state index is 12.6. The second-order valence-corrected chi connectivity index (χ2v) is 8.74. The van der Waals surface area contributed by atoms with E-state index in [1.807, 2.05) is 19.1 Å². The molecule has 0 fully saturated rings. The number of carbonyl (C=O) groups is 1. The number of carbonyl (C=O) groups excluding carboxylic acids is 1. The van der Waals surface area contributed by atoms with Crippen molar-refractivity contribution >= 4 is 32.4 Å². The number of ether oxygens (including phenoxy) is 1. The maximum Gasteiger partial charge on any atom is 0.270 e. The van der Waals surface area contributed by atoms with Gasteiger partial charge in [-0.05, 0) is 24.1 Å². The van der Waals surface area contributed by atoms with Crippen molar-refractivity contribution in [2.45, 2.75) is 37.6 Å². The minimum atomic E-state index is -3.86. The third-order valence-corrected chi connectivity index (χ3v) is 6.29. The molecule has 2 N–H and O–H groups in total. The molecule has 0 saturated carbocycles. The van der Waals surface area contributed by atoms with Gasteiger partial charge in [0.1, 0.15) is 5.75 Å². The zero-order chi connectivity index (χ0) is 19.3. The average Bonchev–Trinajstić information content (AvgIpc) is 3.09. The first-order chi connectivity index (χ1) is 12.3. The molecule has 2 aromatic rings. The highest BCUT2D eigenvalue weighted by molar-refractivity contribution is 7.91. The standard InChI is InChI=1S/C16H22N4O4S2/c1-5-13(11-6-8-12(24-4)9-7-11)20-26(22,23)16-19-18-15(25-16)17-14(21)10(2)3/h6-10,13,20H,5H2,1-4H3,(H,17,18,21). The summed E-state index contributed by atoms with van der Waals surface area (Å²) in [4.78, 5) is 11.7. The molecular formula is C16H22N4O4S2. The number of methoxy groups -OCH3 is 1. The first-order valence-electron chi connectivity index (χ1n) is 8.07. The summed E-state index contributed by atoms with van der Waals surface area (Å²) in [6.07, 6.45) is 0.557. The van der Waals surface area contributed by atoms with Gasteiger partial charge in [-0.25, -0.2) is 13.1 Å². The third kappa shape index (κ3) is 4.99. The van der Waals surface area contributed by atoms with E-state index in [4.69, 9.17) is 4.74 Å². The van der Waals surface area contributed by atoms with Crippen molar-refractivity contribution in [2.75, 3.05) is 12.4 Å². The van der Waals surface area contributed by atoms with Gasteiger partial charge >= 0.3 is 0 Å². The molecule has 1 unspecified atom stereocenters. The third-order valence-electron chi connectivity index (χ3n) is 3.61. The van der Waals surface area contributed by atoms with Crippen LogP contribution in [0.5, 0.6) is 5.75 Å². The van der Waals surface area contributed by atoms with Crippen LogP contribution in [-0.4, -0.2) is 31.6 Å². The number of benzene rings is 1. The SMILES string of the molecule is CCC(NS(=O)(=O)c1nnc(NC(=O)C(C)C)s1)c1ccc(OC)cc1. The Bertz CT molecular complexity index is 847. The lowest BCUT2D eigenvalue weighted by molar-refractivity contribution is -0.118. The number of rotatable bonds is 8. The van der Waals surface area contributed by atoms with Gasteiger partial charge in [0.15, 0.2) is 0 Å². The summed E-state index contributed by atoms with van der Waals surface area (Å²) < 4.78 is 32.7. The number of sulfonamides is 1. The van der Waals surface area contributed by atoms with Crippen LogP contribution in [0.2, 0.25) is 0 Å². The van der Waals surface area contributed by atoms with Gasteiger partial charge in [0.05, 0.1) is 7.11 Å². The quantitative estimate of drug-likeness (QED) is 0.661. The summed E-state index contributed by atoms with van der Waals surface area (Å²) in [7, 11) is -2.29. The summed E-state index contributed by atoms with van der Waals surface area (Å²) in [5, 5.41) is 10.1. The maximum atomic E-state index is 12.6. The first kappa shape index (κ1) is 20.3. The number of hydrogen-bond acceptors (Lipinski definition) is 7. The predicted molar refractivity (Wildman–Crippen MR) is 99.7 cm³/mol. The van der Waals surface area contributed by atoms with E-state index in [2.05, 4.69) is 20.2 Å². The minimum absolute atomic E-state index is 0.154. The van der Waals surface area contributed by atoms with E-state index in [0.29, 0.717) is 12.2 Å². The van der Waals surface area contributed by atoms with Gasteiger partial charge < -0.3 is 10.1 Å². The van der Waals surface area contributed by atoms with Gasteiger partial charge in [0.2, 0.25) is 15.4 Å². The Kier molecular flexibility index (Phi) is 6.68. The van der Waals surface area contributed by atoms with Gasteiger partial charge in [0, 0.05) is 12.0 Å². The highest BCUT2D eigenvalue weighted by atomic mass is 32.2. The normalized spacial score (nSPS) is 12.8. The fraction of sp³-hybridized carbons (Fsp3) is 0.438. The molecule has 0 saturated heterocycles. The van der Waals surface area contributed by atoms with E-state index in [1.165, 1.54) is 0 Å². The van der Waals surface area contributed by atoms with Crippen molar-refractivity contribution in [1.82, 2.24) is 14.9 Å². The van der Waals surface area contributed by atoms with Gasteiger partial charge in [-0.2, -0.15) is 0 Å². The molecule has 0 aliphatic carbocycles. The molecule has 0 aliphatic heterocycles. The molecule has 1 aromatic heterocycles. The summed E-state index contributed by atoms with van der Waals surface area (Å²) in [6.45, 7) is 5.35. The molecule has 1 amide bonds. The van der Waals surface area contributed by atoms with Crippen LogP contribution in [0.1, 0.15) is 38.8 Å². The summed E-state index contributed by atoms with van der Waals surface area (Å²) in [5.74, 6) is 0.209. The Morgan fingerprint density at radius 2 is 1.88 bits per heavy atom. The number of amides is 1. The Balaban J connectivity index is 2.15. The van der Waals surface area contributed by atoms with Crippen molar-refractivity contribution in [3.8, 4) is 5.75 Å². The molecule has 1 atom stereocenters. The Hall–Kier alpha value is -2.04. The van der Waals surface area contributed by atoms with Gasteiger partial charge in [0.25, 0.3) is 10.0 Å². The largest absolute Gasteiger partial charge is 0.497 e. The van der Waals surface area contributed by atoms with E-state index in [-0.39, 0.29) is 21.3 Å². The molecule has 0 spiro atoms. The predicted octanol–water partition coefficient (Wildman–Crippen LogP) is 2.57. The molecule has 0 aliphatic rings. The van der Waals surface area contributed by atoms with E-state index >= 15 is 0 Å². The van der Waals surface area contributed by atoms with Crippen molar-refractivity contribution in [3.05, 3.63) is 29.8 Å². The van der Waals surface area contributed by atoms with Crippen molar-refractivity contribution in [1.29, 1.82) is 0 Å². The van der Waals surface area contributed by atoms with Crippen LogP contribution >= 0.6 is 11.3 Å². The lowest BCUT2D eigenvalue weighted by Crippen LogP contribution is -2.28. The van der Waals surface area contributed by atoms with Crippen molar-refractivity contribution in [2.24, 2.45) is 5.92 Å². The summed E-state index contributed by atoms with van der Waals surface area (Å²) >= 11 is 0.815. The molecule has 0 radical (unpaired) electrons. The molecule has 1 heterocycles. The van der Waals surface area contributed by atoms with E-state index in [1.54, 1.807) is 33.1 Å². The molecule has 142 valence electrons. The number of nitrogens with zero attached hydrogens (tertiary/aromatic N) is 2. The smallest absolute Gasteiger partial charge is 0.270 e. The monoisotopic (exact) mass is 398 g/mol. The molecule has 1 aromatic carbocycles. The van der Waals surface area contributed by atoms with Crippen molar-refractivity contribution in [3.63, 3.8) is 0 Å². The topological polar surface area (TPSA) is 110 Å². The number of hydrogen-bond donors (Lipinski definition) is 2. The number of nitrogens with one attached hydrogen (secondary N) is 2. The highest BCUT2D eigenvalue weighted by Gasteiger charge is 2.25. The van der Waals surface area contributed by atoms with E-state index < -0.39 is 16.1 Å². The summed E-state index contributed by atoms with van der Waals surface area (Å²) in [6, 6.07) is 6.75. The number of aromatic nitrogens is 2. The van der Waals surface area contributed by atoms with Crippen LogP contribution in [0.4, 0.5) is 5.13 Å². The van der Waals surface area contributed by atoms with Crippen LogP contribution in [0.25, 0.3) is 0 Å². The van der Waals surface area contributed by atoms with Crippen LogP contribution in [-0.2, 0) is 14.8 Å². The summed E-state index contributed by atoms with van der Waals surface area (Å²) in [5.41, 5.74) is 0.815. The van der Waals surface area contributed by atoms with Gasteiger partial charge in [-0.3, -0.25) is 4.79 Å². The van der Waals surface area contributed by atoms with E-state index in [9.17, 15) is 13.2 Å². The van der Waals surface area contributed by atoms with E-state index in [0.717, 1.165) is 16.9 Å². The fourth-order valence-corrected chi connectivity index (χ4v) is 4.31. The van der Waals surface area contributed by atoms with Crippen LogP contribution in [0.15, 0.2) is 28.6 Å². The molecule has 2 rings (SSSR count). The molecular weight excluding hydrogens is 376 g/mol. The molecule has 8 nitrogen and oxygen atoms in total. The Morgan fingerprint density at radius 1 is 1.23 bits per heavy atom. The van der Waals surface area contributed by atoms with Gasteiger partial charge in [-0.15, -0.1) is 10.2 Å². The zero-order valence-electron chi connectivity index (χ0n) is 15.0. The number of anilines is 1. The Morgan fingerprint density at radius 3 is 2.42 bits per heavy atom. The molecule has 26 heavy (non-hydrogen) atoms. The average molecular weight is 399 g/mol. The van der Waals surface area contributed by atoms with Crippen LogP contribution in [0, 0.1) is 5.92 Å². The molecule has 0 bridgehead atoms. The van der Waals surface area contributed by atoms with Crippen LogP contribution < -0.4 is 14.8 Å². The van der Waals surface area contributed by atoms with Gasteiger partial charge in [-0.1, -0.05) is 44.2 Å². The first-order valence-corrected chi connectivity index (χ1v) is 10.4. The zero-order valence-corrected chi connectivity index (χ0v) is 16.6. The molecule has 10 heteroatoms. The fourth-order valence-electron chi connectivity index (χ4n) is 2.08. The lowest BCUT2D eigenvalue weighted by atomic mass is 10.1. The van der Waals surface area contributed by atoms with Crippen molar-refractivity contribution < 1.29 is 17.9 Å². The minimum Gasteiger partial charge on any atom is -0.497 e. The second-order valence-electron chi connectivity index (χ2n) is 5.87.